The molecule has 0 unspecified atom stereocenters. The van der Waals surface area contributed by atoms with Crippen molar-refractivity contribution < 1.29 is 42.7 Å². The Labute approximate surface area is 373 Å². The first-order valence-corrected chi connectivity index (χ1v) is 27.6. The van der Waals surface area contributed by atoms with E-state index < -0.39 is 40.8 Å². The Morgan fingerprint density at radius 1 is 0.645 bits per heavy atom. The fraction of sp³-hybridized carbons (Fsp3) is 0.471. The Bertz CT molecular complexity index is 1760. The maximum Gasteiger partial charge on any atom is 0.261 e. The molecule has 4 atom stereocenters. The van der Waals surface area contributed by atoms with Crippen molar-refractivity contribution in [1.29, 1.82) is 0 Å². The SMILES string of the molecule is C=CC[C@@H](CC(=O)C[C@@H](O)C[C@H](C[C@H](COCOCC[Si](C)(C)C)OCOCc1ccccc1)O[Si](c1ccccc1)(c1ccccc1)C(C)(C)C)OCOCc1ccccc1. The largest absolute Gasteiger partial charge is 0.404 e. The third-order valence-electron chi connectivity index (χ3n) is 10.6. The molecule has 4 aromatic carbocycles. The molecule has 338 valence electrons. The highest BCUT2D eigenvalue weighted by Gasteiger charge is 2.51. The van der Waals surface area contributed by atoms with Gasteiger partial charge in [0.2, 0.25) is 0 Å². The fourth-order valence-electron chi connectivity index (χ4n) is 7.43. The minimum atomic E-state index is -3.10. The molecule has 0 aromatic heterocycles. The van der Waals surface area contributed by atoms with Crippen LogP contribution in [0.2, 0.25) is 30.7 Å². The number of carbonyl (C=O) groups excluding carboxylic acids is 1. The van der Waals surface area contributed by atoms with Crippen molar-refractivity contribution in [2.75, 3.05) is 33.6 Å². The van der Waals surface area contributed by atoms with E-state index in [-0.39, 0.29) is 57.1 Å². The summed E-state index contributed by atoms with van der Waals surface area (Å²) >= 11 is 0. The third kappa shape index (κ3) is 18.2. The Morgan fingerprint density at radius 2 is 1.15 bits per heavy atom. The van der Waals surface area contributed by atoms with Crippen molar-refractivity contribution >= 4 is 32.5 Å². The van der Waals surface area contributed by atoms with Crippen LogP contribution in [0.5, 0.6) is 0 Å². The minimum absolute atomic E-state index is 0.0339. The topological polar surface area (TPSA) is 102 Å². The standard InChI is InChI=1S/C51H72O9Si2/c1-8-21-46(58-40-55-36-42-22-13-9-14-23-42)33-44(52)32-45(53)34-47(60-62(51(2,3)4,49-26-17-11-18-27-49)50-28-19-12-20-29-50)35-48(38-57-39-54-30-31-61(5,6)7)59-41-56-37-43-24-15-10-16-25-43/h8-20,22-29,45-48,53H,1,21,30-41H2,2-7H3/t45-,46+,47-,48-/m1/s1. The molecule has 0 aliphatic rings. The second-order valence-corrected chi connectivity index (χ2v) is 28.1. The van der Waals surface area contributed by atoms with Crippen molar-refractivity contribution in [1.82, 2.24) is 0 Å². The number of benzene rings is 4. The zero-order chi connectivity index (χ0) is 44.7. The first kappa shape index (κ1) is 51.0. The van der Waals surface area contributed by atoms with Gasteiger partial charge in [-0.3, -0.25) is 4.79 Å². The Hall–Kier alpha value is -3.60. The van der Waals surface area contributed by atoms with Crippen molar-refractivity contribution in [3.63, 3.8) is 0 Å². The van der Waals surface area contributed by atoms with Crippen LogP contribution < -0.4 is 10.4 Å². The van der Waals surface area contributed by atoms with Crippen LogP contribution in [0.25, 0.3) is 0 Å². The van der Waals surface area contributed by atoms with Crippen LogP contribution in [0.15, 0.2) is 134 Å². The van der Waals surface area contributed by atoms with Crippen LogP contribution in [0.3, 0.4) is 0 Å². The number of carbonyl (C=O) groups is 1. The molecule has 0 amide bonds. The van der Waals surface area contributed by atoms with Gasteiger partial charge in [-0.05, 0) is 45.4 Å². The quantitative estimate of drug-likeness (QED) is 0.0229. The lowest BCUT2D eigenvalue weighted by atomic mass is 9.99. The van der Waals surface area contributed by atoms with Crippen molar-refractivity contribution in [3.05, 3.63) is 145 Å². The van der Waals surface area contributed by atoms with Gasteiger partial charge in [0.1, 0.15) is 26.2 Å². The van der Waals surface area contributed by atoms with E-state index in [0.717, 1.165) is 27.5 Å². The van der Waals surface area contributed by atoms with Gasteiger partial charge < -0.3 is 38.0 Å². The molecule has 0 saturated carbocycles. The average Bonchev–Trinajstić information content (AvgIpc) is 3.24. The lowest BCUT2D eigenvalue weighted by Gasteiger charge is -2.46. The average molecular weight is 885 g/mol. The lowest BCUT2D eigenvalue weighted by molar-refractivity contribution is -0.144. The van der Waals surface area contributed by atoms with Gasteiger partial charge in [0.05, 0.1) is 44.2 Å². The highest BCUT2D eigenvalue weighted by molar-refractivity contribution is 6.99. The molecule has 4 aromatic rings. The fourth-order valence-corrected chi connectivity index (χ4v) is 12.9. The summed E-state index contributed by atoms with van der Waals surface area (Å²) in [5.41, 5.74) is 2.08. The van der Waals surface area contributed by atoms with Crippen LogP contribution in [-0.4, -0.2) is 85.3 Å². The highest BCUT2D eigenvalue weighted by atomic mass is 28.4. The van der Waals surface area contributed by atoms with Crippen molar-refractivity contribution in [2.24, 2.45) is 0 Å². The first-order chi connectivity index (χ1) is 29.8. The predicted molar refractivity (Wildman–Crippen MR) is 254 cm³/mol. The molecule has 9 nitrogen and oxygen atoms in total. The van der Waals surface area contributed by atoms with Gasteiger partial charge in [0.15, 0.2) is 0 Å². The van der Waals surface area contributed by atoms with Gasteiger partial charge in [-0.25, -0.2) is 0 Å². The first-order valence-electron chi connectivity index (χ1n) is 22.0. The monoisotopic (exact) mass is 884 g/mol. The second kappa shape index (κ2) is 26.9. The summed E-state index contributed by atoms with van der Waals surface area (Å²) < 4.78 is 43.8. The summed E-state index contributed by atoms with van der Waals surface area (Å²) in [5, 5.41) is 13.7. The van der Waals surface area contributed by atoms with E-state index in [2.05, 4.69) is 95.5 Å². The van der Waals surface area contributed by atoms with Gasteiger partial charge >= 0.3 is 0 Å². The number of ether oxygens (including phenoxy) is 6. The molecular formula is C51H72O9Si2. The second-order valence-electron chi connectivity index (χ2n) is 18.2. The molecule has 11 heteroatoms. The van der Waals surface area contributed by atoms with E-state index in [1.807, 2.05) is 72.8 Å². The van der Waals surface area contributed by atoms with Gasteiger partial charge in [-0.1, -0.05) is 168 Å². The van der Waals surface area contributed by atoms with Crippen LogP contribution in [0.4, 0.5) is 0 Å². The third-order valence-corrected chi connectivity index (χ3v) is 17.4. The summed E-state index contributed by atoms with van der Waals surface area (Å²) in [4.78, 5) is 13.6. The number of aliphatic hydroxyl groups excluding tert-OH is 1. The normalized spacial score (nSPS) is 14.2. The number of hydrogen-bond donors (Lipinski definition) is 1. The van der Waals surface area contributed by atoms with E-state index in [1.54, 1.807) is 6.08 Å². The Kier molecular flexibility index (Phi) is 22.1. The van der Waals surface area contributed by atoms with Crippen molar-refractivity contribution in [2.45, 2.75) is 121 Å². The zero-order valence-electron chi connectivity index (χ0n) is 38.0. The number of Topliss-reactive ketones (excluding diaryl/α,β-unsaturated/α-hetero) is 1. The number of hydrogen-bond acceptors (Lipinski definition) is 9. The van der Waals surface area contributed by atoms with E-state index in [4.69, 9.17) is 32.8 Å². The van der Waals surface area contributed by atoms with Gasteiger partial charge in [0, 0.05) is 33.9 Å². The number of rotatable bonds is 31. The maximum atomic E-state index is 13.6. The molecule has 0 spiro atoms. The lowest BCUT2D eigenvalue weighted by Crippen LogP contribution is -2.68. The molecule has 0 bridgehead atoms. The Morgan fingerprint density at radius 3 is 1.63 bits per heavy atom. The number of aliphatic hydroxyl groups is 1. The molecule has 1 N–H and O–H groups in total. The van der Waals surface area contributed by atoms with Crippen LogP contribution in [0, 0.1) is 0 Å². The highest BCUT2D eigenvalue weighted by Crippen LogP contribution is 2.39. The molecule has 0 fully saturated rings. The molecule has 0 aliphatic carbocycles. The summed E-state index contributed by atoms with van der Waals surface area (Å²) in [7, 11) is -4.37. The van der Waals surface area contributed by atoms with Gasteiger partial charge in [0.25, 0.3) is 8.32 Å². The van der Waals surface area contributed by atoms with Crippen molar-refractivity contribution in [3.8, 4) is 0 Å². The summed E-state index contributed by atoms with van der Waals surface area (Å²) in [6.45, 7) is 19.4. The summed E-state index contributed by atoms with van der Waals surface area (Å²) in [5.74, 6) is -0.113. The smallest absolute Gasteiger partial charge is 0.261 e. The Balaban J connectivity index is 1.56. The van der Waals surface area contributed by atoms with Gasteiger partial charge in [-0.15, -0.1) is 6.58 Å². The summed E-state index contributed by atoms with van der Waals surface area (Å²) in [6.07, 6.45) is 0.414. The number of ketones is 1. The van der Waals surface area contributed by atoms with E-state index >= 15 is 0 Å². The predicted octanol–water partition coefficient (Wildman–Crippen LogP) is 9.45. The minimum Gasteiger partial charge on any atom is -0.404 e. The van der Waals surface area contributed by atoms with E-state index in [9.17, 15) is 9.90 Å². The zero-order valence-corrected chi connectivity index (χ0v) is 40.0. The molecule has 0 heterocycles. The van der Waals surface area contributed by atoms with Crippen LogP contribution in [-0.2, 0) is 50.9 Å². The molecule has 0 saturated heterocycles. The van der Waals surface area contributed by atoms with Crippen LogP contribution >= 0.6 is 0 Å². The maximum absolute atomic E-state index is 13.6. The van der Waals surface area contributed by atoms with Gasteiger partial charge in [-0.2, -0.15) is 0 Å². The van der Waals surface area contributed by atoms with E-state index in [0.29, 0.717) is 32.7 Å². The molecule has 4 rings (SSSR count). The molecule has 0 radical (unpaired) electrons. The molecule has 0 aliphatic heterocycles. The molecular weight excluding hydrogens is 813 g/mol. The molecule has 62 heavy (non-hydrogen) atoms. The van der Waals surface area contributed by atoms with Crippen LogP contribution in [0.1, 0.15) is 64.0 Å². The summed E-state index contributed by atoms with van der Waals surface area (Å²) in [6, 6.07) is 41.7. The van der Waals surface area contributed by atoms with E-state index in [1.165, 1.54) is 0 Å².